The zero-order valence-electron chi connectivity index (χ0n) is 8.86. The van der Waals surface area contributed by atoms with Crippen LogP contribution in [0.15, 0.2) is 18.2 Å². The van der Waals surface area contributed by atoms with Gasteiger partial charge in [0, 0.05) is 18.7 Å². The molecule has 0 aliphatic rings. The number of nitrogen functional groups attached to an aromatic ring is 1. The predicted molar refractivity (Wildman–Crippen MR) is 58.1 cm³/mol. The lowest BCUT2D eigenvalue weighted by Gasteiger charge is -2.13. The summed E-state index contributed by atoms with van der Waals surface area (Å²) < 4.78 is 5.02. The molecule has 82 valence electrons. The highest BCUT2D eigenvalue weighted by atomic mass is 16.5. The van der Waals surface area contributed by atoms with Crippen LogP contribution < -0.4 is 5.73 Å². The molecule has 1 rings (SSSR count). The maximum atomic E-state index is 10.7. The zero-order chi connectivity index (χ0) is 11.4. The number of rotatable bonds is 4. The minimum Gasteiger partial charge on any atom is -0.478 e. The first kappa shape index (κ1) is 11.5. The molecule has 15 heavy (non-hydrogen) atoms. The molecule has 1 aromatic rings. The molecular formula is C11H15NO3. The van der Waals surface area contributed by atoms with Gasteiger partial charge in [-0.2, -0.15) is 0 Å². The lowest BCUT2D eigenvalue weighted by Crippen LogP contribution is -2.07. The fourth-order valence-electron chi connectivity index (χ4n) is 1.50. The molecule has 0 amide bonds. The van der Waals surface area contributed by atoms with Gasteiger partial charge in [-0.3, -0.25) is 0 Å². The minimum atomic E-state index is -0.965. The van der Waals surface area contributed by atoms with Gasteiger partial charge in [-0.05, 0) is 17.7 Å². The SMILES string of the molecule is COC[C@H](C)c1ccc(C(=O)O)cc1N. The monoisotopic (exact) mass is 209 g/mol. The largest absolute Gasteiger partial charge is 0.478 e. The smallest absolute Gasteiger partial charge is 0.335 e. The highest BCUT2D eigenvalue weighted by Crippen LogP contribution is 2.23. The van der Waals surface area contributed by atoms with Crippen LogP contribution in [0.2, 0.25) is 0 Å². The van der Waals surface area contributed by atoms with Gasteiger partial charge in [0.2, 0.25) is 0 Å². The van der Waals surface area contributed by atoms with E-state index in [1.165, 1.54) is 6.07 Å². The van der Waals surface area contributed by atoms with Crippen molar-refractivity contribution in [3.63, 3.8) is 0 Å². The van der Waals surface area contributed by atoms with Crippen LogP contribution in [0.25, 0.3) is 0 Å². The number of hydrogen-bond acceptors (Lipinski definition) is 3. The summed E-state index contributed by atoms with van der Waals surface area (Å²) >= 11 is 0. The lowest BCUT2D eigenvalue weighted by molar-refractivity contribution is 0.0697. The molecule has 1 aromatic carbocycles. The Labute approximate surface area is 88.7 Å². The normalized spacial score (nSPS) is 12.4. The second-order valence-electron chi connectivity index (χ2n) is 3.51. The Bertz CT molecular complexity index is 363. The van der Waals surface area contributed by atoms with Crippen LogP contribution in [0.5, 0.6) is 0 Å². The summed E-state index contributed by atoms with van der Waals surface area (Å²) in [5.74, 6) is -0.800. The van der Waals surface area contributed by atoms with Crippen molar-refractivity contribution in [3.05, 3.63) is 29.3 Å². The van der Waals surface area contributed by atoms with Gasteiger partial charge in [0.05, 0.1) is 12.2 Å². The van der Waals surface area contributed by atoms with E-state index in [2.05, 4.69) is 0 Å². The first-order valence-corrected chi connectivity index (χ1v) is 4.68. The summed E-state index contributed by atoms with van der Waals surface area (Å²) in [4.78, 5) is 10.7. The van der Waals surface area contributed by atoms with Crippen molar-refractivity contribution in [2.75, 3.05) is 19.5 Å². The fraction of sp³-hybridized carbons (Fsp3) is 0.364. The van der Waals surface area contributed by atoms with Gasteiger partial charge in [0.25, 0.3) is 0 Å². The Morgan fingerprint density at radius 2 is 2.27 bits per heavy atom. The van der Waals surface area contributed by atoms with Crippen LogP contribution in [-0.4, -0.2) is 24.8 Å². The number of ether oxygens (including phenoxy) is 1. The van der Waals surface area contributed by atoms with Crippen LogP contribution in [0.3, 0.4) is 0 Å². The van der Waals surface area contributed by atoms with Gasteiger partial charge in [0.15, 0.2) is 0 Å². The zero-order valence-corrected chi connectivity index (χ0v) is 8.86. The molecule has 0 unspecified atom stereocenters. The van der Waals surface area contributed by atoms with E-state index in [-0.39, 0.29) is 11.5 Å². The lowest BCUT2D eigenvalue weighted by atomic mass is 9.98. The number of benzene rings is 1. The summed E-state index contributed by atoms with van der Waals surface area (Å²) in [5.41, 5.74) is 7.40. The Morgan fingerprint density at radius 1 is 1.60 bits per heavy atom. The van der Waals surface area contributed by atoms with Crippen molar-refractivity contribution in [1.29, 1.82) is 0 Å². The van der Waals surface area contributed by atoms with E-state index in [1.807, 2.05) is 6.92 Å². The summed E-state index contributed by atoms with van der Waals surface area (Å²) in [6.07, 6.45) is 0. The molecule has 1 atom stereocenters. The number of methoxy groups -OCH3 is 1. The number of carboxylic acid groups (broad SMARTS) is 1. The highest BCUT2D eigenvalue weighted by molar-refractivity contribution is 5.89. The Balaban J connectivity index is 2.97. The standard InChI is InChI=1S/C11H15NO3/c1-7(6-15-2)9-4-3-8(11(13)14)5-10(9)12/h3-5,7H,6,12H2,1-2H3,(H,13,14)/t7-/m0/s1. The first-order valence-electron chi connectivity index (χ1n) is 4.68. The number of nitrogens with two attached hydrogens (primary N) is 1. The molecule has 4 nitrogen and oxygen atoms in total. The summed E-state index contributed by atoms with van der Waals surface area (Å²) in [6, 6.07) is 4.77. The van der Waals surface area contributed by atoms with Gasteiger partial charge >= 0.3 is 5.97 Å². The molecule has 0 radical (unpaired) electrons. The van der Waals surface area contributed by atoms with E-state index in [1.54, 1.807) is 19.2 Å². The molecule has 3 N–H and O–H groups in total. The van der Waals surface area contributed by atoms with E-state index < -0.39 is 5.97 Å². The van der Waals surface area contributed by atoms with E-state index in [0.29, 0.717) is 12.3 Å². The third kappa shape index (κ3) is 2.70. The highest BCUT2D eigenvalue weighted by Gasteiger charge is 2.11. The molecule has 0 fully saturated rings. The average Bonchev–Trinajstić information content (AvgIpc) is 2.17. The van der Waals surface area contributed by atoms with Gasteiger partial charge in [-0.25, -0.2) is 4.79 Å². The van der Waals surface area contributed by atoms with Crippen LogP contribution in [0, 0.1) is 0 Å². The molecule has 0 saturated heterocycles. The molecule has 0 heterocycles. The number of carboxylic acids is 1. The van der Waals surface area contributed by atoms with Gasteiger partial charge in [-0.1, -0.05) is 13.0 Å². The third-order valence-electron chi connectivity index (χ3n) is 2.28. The molecule has 0 aliphatic carbocycles. The van der Waals surface area contributed by atoms with Gasteiger partial charge in [-0.15, -0.1) is 0 Å². The Hall–Kier alpha value is -1.55. The average molecular weight is 209 g/mol. The van der Waals surface area contributed by atoms with Crippen molar-refractivity contribution in [2.45, 2.75) is 12.8 Å². The fourth-order valence-corrected chi connectivity index (χ4v) is 1.50. The number of carbonyl (C=O) groups is 1. The Morgan fingerprint density at radius 3 is 2.73 bits per heavy atom. The quantitative estimate of drug-likeness (QED) is 0.740. The first-order chi connectivity index (χ1) is 7.06. The van der Waals surface area contributed by atoms with Crippen LogP contribution in [-0.2, 0) is 4.74 Å². The summed E-state index contributed by atoms with van der Waals surface area (Å²) in [7, 11) is 1.62. The van der Waals surface area contributed by atoms with E-state index >= 15 is 0 Å². The molecule has 0 aromatic heterocycles. The second-order valence-corrected chi connectivity index (χ2v) is 3.51. The van der Waals surface area contributed by atoms with Crippen molar-refractivity contribution in [2.24, 2.45) is 0 Å². The number of aromatic carboxylic acids is 1. The third-order valence-corrected chi connectivity index (χ3v) is 2.28. The molecule has 0 saturated carbocycles. The molecule has 0 aliphatic heterocycles. The topological polar surface area (TPSA) is 72.5 Å². The van der Waals surface area contributed by atoms with Crippen molar-refractivity contribution < 1.29 is 14.6 Å². The predicted octanol–water partition coefficient (Wildman–Crippen LogP) is 1.72. The molecule has 0 spiro atoms. The van der Waals surface area contributed by atoms with E-state index in [4.69, 9.17) is 15.6 Å². The van der Waals surface area contributed by atoms with Gasteiger partial charge in [0.1, 0.15) is 0 Å². The van der Waals surface area contributed by atoms with Crippen LogP contribution >= 0.6 is 0 Å². The van der Waals surface area contributed by atoms with Gasteiger partial charge < -0.3 is 15.6 Å². The summed E-state index contributed by atoms with van der Waals surface area (Å²) in [5, 5.41) is 8.76. The van der Waals surface area contributed by atoms with Crippen molar-refractivity contribution in [3.8, 4) is 0 Å². The number of anilines is 1. The number of hydrogen-bond donors (Lipinski definition) is 2. The van der Waals surface area contributed by atoms with Crippen LogP contribution in [0.4, 0.5) is 5.69 Å². The van der Waals surface area contributed by atoms with Crippen molar-refractivity contribution in [1.82, 2.24) is 0 Å². The maximum Gasteiger partial charge on any atom is 0.335 e. The Kier molecular flexibility index (Phi) is 3.68. The van der Waals surface area contributed by atoms with Crippen molar-refractivity contribution >= 4 is 11.7 Å². The maximum absolute atomic E-state index is 10.7. The van der Waals surface area contributed by atoms with E-state index in [9.17, 15) is 4.79 Å². The van der Waals surface area contributed by atoms with Crippen LogP contribution in [0.1, 0.15) is 28.8 Å². The molecule has 0 bridgehead atoms. The summed E-state index contributed by atoms with van der Waals surface area (Å²) in [6.45, 7) is 2.55. The molecular weight excluding hydrogens is 194 g/mol. The molecule has 4 heteroatoms. The minimum absolute atomic E-state index is 0.165. The van der Waals surface area contributed by atoms with E-state index in [0.717, 1.165) is 5.56 Å². The second kappa shape index (κ2) is 4.79.